The number of nitrogens with zero attached hydrogens (tertiary/aromatic N) is 2. The maximum atomic E-state index is 11.1. The van der Waals surface area contributed by atoms with Gasteiger partial charge in [-0.1, -0.05) is 12.1 Å². The van der Waals surface area contributed by atoms with Crippen LogP contribution >= 0.6 is 0 Å². The molecule has 0 aliphatic carbocycles. The van der Waals surface area contributed by atoms with Crippen LogP contribution in [0.3, 0.4) is 0 Å². The zero-order valence-corrected chi connectivity index (χ0v) is 11.4. The number of imidazole rings is 1. The average molecular weight is 265 g/mol. The third kappa shape index (κ3) is 2.28. The number of pyridine rings is 1. The monoisotopic (exact) mass is 265 g/mol. The lowest BCUT2D eigenvalue weighted by Gasteiger charge is -2.07. The van der Waals surface area contributed by atoms with Crippen molar-refractivity contribution in [1.82, 2.24) is 9.38 Å². The van der Waals surface area contributed by atoms with Crippen LogP contribution in [-0.2, 0) is 4.79 Å². The minimum atomic E-state index is -0.0666. The van der Waals surface area contributed by atoms with Crippen molar-refractivity contribution < 1.29 is 4.79 Å². The summed E-state index contributed by atoms with van der Waals surface area (Å²) in [6.07, 6.45) is 3.91. The lowest BCUT2D eigenvalue weighted by Crippen LogP contribution is -2.05. The molecule has 3 rings (SSSR count). The standard InChI is InChI=1S/C16H15N3O/c1-11-9-17-16-7-6-14(10-19(11)16)13-4-3-5-15(8-13)18-12(2)20/h3-10H,1-2H3,(H,18,20). The molecule has 2 aromatic heterocycles. The number of anilines is 1. The summed E-state index contributed by atoms with van der Waals surface area (Å²) in [7, 11) is 0. The molecule has 2 heterocycles. The van der Waals surface area contributed by atoms with Gasteiger partial charge in [0.15, 0.2) is 0 Å². The zero-order chi connectivity index (χ0) is 14.1. The average Bonchev–Trinajstić information content (AvgIpc) is 2.80. The fourth-order valence-electron chi connectivity index (χ4n) is 2.25. The fraction of sp³-hybridized carbons (Fsp3) is 0.125. The summed E-state index contributed by atoms with van der Waals surface area (Å²) in [4.78, 5) is 15.4. The minimum Gasteiger partial charge on any atom is -0.326 e. The number of amides is 1. The highest BCUT2D eigenvalue weighted by molar-refractivity contribution is 5.89. The highest BCUT2D eigenvalue weighted by Gasteiger charge is 2.04. The number of carbonyl (C=O) groups is 1. The van der Waals surface area contributed by atoms with Crippen LogP contribution in [0, 0.1) is 6.92 Å². The van der Waals surface area contributed by atoms with Gasteiger partial charge in [0.2, 0.25) is 5.91 Å². The number of fused-ring (bicyclic) bond motifs is 1. The largest absolute Gasteiger partial charge is 0.326 e. The van der Waals surface area contributed by atoms with E-state index in [1.54, 1.807) is 0 Å². The van der Waals surface area contributed by atoms with E-state index in [1.165, 1.54) is 6.92 Å². The topological polar surface area (TPSA) is 46.4 Å². The van der Waals surface area contributed by atoms with Crippen LogP contribution in [-0.4, -0.2) is 15.3 Å². The van der Waals surface area contributed by atoms with Crippen LogP contribution in [0.1, 0.15) is 12.6 Å². The molecule has 0 saturated carbocycles. The predicted octanol–water partition coefficient (Wildman–Crippen LogP) is 3.27. The third-order valence-corrected chi connectivity index (χ3v) is 3.21. The Morgan fingerprint density at radius 2 is 2.05 bits per heavy atom. The molecule has 4 heteroatoms. The first kappa shape index (κ1) is 12.4. The van der Waals surface area contributed by atoms with Gasteiger partial charge in [-0.25, -0.2) is 4.98 Å². The van der Waals surface area contributed by atoms with E-state index in [2.05, 4.69) is 20.9 Å². The van der Waals surface area contributed by atoms with Gasteiger partial charge in [0.1, 0.15) is 5.65 Å². The summed E-state index contributed by atoms with van der Waals surface area (Å²) in [5.41, 5.74) is 4.98. The Kier molecular flexibility index (Phi) is 2.99. The molecular weight excluding hydrogens is 250 g/mol. The highest BCUT2D eigenvalue weighted by Crippen LogP contribution is 2.23. The molecule has 100 valence electrons. The molecule has 1 aromatic carbocycles. The summed E-state index contributed by atoms with van der Waals surface area (Å²) in [5.74, 6) is -0.0666. The summed E-state index contributed by atoms with van der Waals surface area (Å²) in [5, 5.41) is 2.80. The summed E-state index contributed by atoms with van der Waals surface area (Å²) < 4.78 is 2.06. The first-order chi connectivity index (χ1) is 9.63. The molecule has 4 nitrogen and oxygen atoms in total. The van der Waals surface area contributed by atoms with Crippen molar-refractivity contribution in [3.8, 4) is 11.1 Å². The molecule has 0 bridgehead atoms. The number of carbonyl (C=O) groups excluding carboxylic acids is 1. The molecular formula is C16H15N3O. The first-order valence-electron chi connectivity index (χ1n) is 6.45. The Bertz CT molecular complexity index is 789. The Morgan fingerprint density at radius 3 is 2.85 bits per heavy atom. The van der Waals surface area contributed by atoms with Crippen LogP contribution in [0.25, 0.3) is 16.8 Å². The number of nitrogens with one attached hydrogen (secondary N) is 1. The van der Waals surface area contributed by atoms with E-state index >= 15 is 0 Å². The summed E-state index contributed by atoms with van der Waals surface area (Å²) >= 11 is 0. The van der Waals surface area contributed by atoms with Gasteiger partial charge in [0.25, 0.3) is 0 Å². The van der Waals surface area contributed by atoms with E-state index in [0.717, 1.165) is 28.2 Å². The van der Waals surface area contributed by atoms with Crippen LogP contribution in [0.2, 0.25) is 0 Å². The van der Waals surface area contributed by atoms with Gasteiger partial charge in [0.05, 0.1) is 0 Å². The lowest BCUT2D eigenvalue weighted by molar-refractivity contribution is -0.114. The predicted molar refractivity (Wildman–Crippen MR) is 79.7 cm³/mol. The van der Waals surface area contributed by atoms with Crippen LogP contribution in [0.5, 0.6) is 0 Å². The van der Waals surface area contributed by atoms with E-state index in [4.69, 9.17) is 0 Å². The van der Waals surface area contributed by atoms with Crippen LogP contribution in [0.4, 0.5) is 5.69 Å². The Hall–Kier alpha value is -2.62. The second-order valence-electron chi connectivity index (χ2n) is 4.81. The van der Waals surface area contributed by atoms with Crippen molar-refractivity contribution in [3.05, 3.63) is 54.5 Å². The van der Waals surface area contributed by atoms with E-state index in [1.807, 2.05) is 49.5 Å². The SMILES string of the molecule is CC(=O)Nc1cccc(-c2ccc3ncc(C)n3c2)c1. The number of aromatic nitrogens is 2. The number of hydrogen-bond acceptors (Lipinski definition) is 2. The van der Waals surface area contributed by atoms with Crippen molar-refractivity contribution in [2.24, 2.45) is 0 Å². The van der Waals surface area contributed by atoms with Gasteiger partial charge < -0.3 is 9.72 Å². The van der Waals surface area contributed by atoms with Gasteiger partial charge >= 0.3 is 0 Å². The second kappa shape index (κ2) is 4.81. The van der Waals surface area contributed by atoms with Crippen molar-refractivity contribution in [1.29, 1.82) is 0 Å². The van der Waals surface area contributed by atoms with Crippen molar-refractivity contribution >= 4 is 17.2 Å². The molecule has 0 radical (unpaired) electrons. The number of aryl methyl sites for hydroxylation is 1. The van der Waals surface area contributed by atoms with E-state index in [-0.39, 0.29) is 5.91 Å². The molecule has 3 aromatic rings. The van der Waals surface area contributed by atoms with Gasteiger partial charge in [-0.2, -0.15) is 0 Å². The molecule has 1 N–H and O–H groups in total. The molecule has 0 atom stereocenters. The van der Waals surface area contributed by atoms with E-state index in [9.17, 15) is 4.79 Å². The third-order valence-electron chi connectivity index (χ3n) is 3.21. The normalized spacial score (nSPS) is 10.7. The minimum absolute atomic E-state index is 0.0666. The summed E-state index contributed by atoms with van der Waals surface area (Å²) in [6.45, 7) is 3.53. The van der Waals surface area contributed by atoms with Crippen LogP contribution in [0.15, 0.2) is 48.8 Å². The maximum Gasteiger partial charge on any atom is 0.221 e. The Labute approximate surface area is 117 Å². The van der Waals surface area contributed by atoms with Gasteiger partial charge in [-0.3, -0.25) is 4.79 Å². The number of rotatable bonds is 2. The fourth-order valence-corrected chi connectivity index (χ4v) is 2.25. The number of benzene rings is 1. The lowest BCUT2D eigenvalue weighted by atomic mass is 10.1. The molecule has 0 aliphatic heterocycles. The van der Waals surface area contributed by atoms with Gasteiger partial charge in [-0.05, 0) is 42.3 Å². The molecule has 0 saturated heterocycles. The maximum absolute atomic E-state index is 11.1. The molecule has 20 heavy (non-hydrogen) atoms. The smallest absolute Gasteiger partial charge is 0.221 e. The van der Waals surface area contributed by atoms with Crippen molar-refractivity contribution in [2.45, 2.75) is 13.8 Å². The van der Waals surface area contributed by atoms with Crippen molar-refractivity contribution in [3.63, 3.8) is 0 Å². The zero-order valence-electron chi connectivity index (χ0n) is 11.4. The van der Waals surface area contributed by atoms with Gasteiger partial charge in [-0.15, -0.1) is 0 Å². The second-order valence-corrected chi connectivity index (χ2v) is 4.81. The van der Waals surface area contributed by atoms with Gasteiger partial charge in [0, 0.05) is 30.7 Å². The number of hydrogen-bond donors (Lipinski definition) is 1. The highest BCUT2D eigenvalue weighted by atomic mass is 16.1. The Balaban J connectivity index is 2.05. The molecule has 0 unspecified atom stereocenters. The first-order valence-corrected chi connectivity index (χ1v) is 6.45. The Morgan fingerprint density at radius 1 is 1.20 bits per heavy atom. The van der Waals surface area contributed by atoms with E-state index in [0.29, 0.717) is 0 Å². The van der Waals surface area contributed by atoms with Crippen molar-refractivity contribution in [2.75, 3.05) is 5.32 Å². The molecule has 0 fully saturated rings. The molecule has 0 aliphatic rings. The van der Waals surface area contributed by atoms with Crippen LogP contribution < -0.4 is 5.32 Å². The molecule has 0 spiro atoms. The quantitative estimate of drug-likeness (QED) is 0.773. The van der Waals surface area contributed by atoms with E-state index < -0.39 is 0 Å². The molecule has 1 amide bonds. The summed E-state index contributed by atoms with van der Waals surface area (Å²) in [6, 6.07) is 11.8.